The van der Waals surface area contributed by atoms with Crippen molar-refractivity contribution >= 4 is 58.6 Å². The van der Waals surface area contributed by atoms with Crippen LogP contribution in [0.2, 0.25) is 0 Å². The molecule has 4 aliphatic heterocycles. The number of anilines is 4. The van der Waals surface area contributed by atoms with Crippen molar-refractivity contribution in [1.82, 2.24) is 50.0 Å². The van der Waals surface area contributed by atoms with E-state index in [0.717, 1.165) is 148 Å². The second-order valence-electron chi connectivity index (χ2n) is 20.8. The maximum Gasteiger partial charge on any atom is 0.343 e. The number of piperidine rings is 2. The Labute approximate surface area is 426 Å². The molecule has 73 heavy (non-hydrogen) atoms. The zero-order valence-electron chi connectivity index (χ0n) is 42.4. The summed E-state index contributed by atoms with van der Waals surface area (Å²) in [6.45, 7) is 10.9. The van der Waals surface area contributed by atoms with Gasteiger partial charge in [-0.1, -0.05) is 0 Å². The molecule has 0 bridgehead atoms. The van der Waals surface area contributed by atoms with Gasteiger partial charge in [-0.05, 0) is 115 Å². The maximum absolute atomic E-state index is 15.1. The molecule has 6 heterocycles. The van der Waals surface area contributed by atoms with Crippen LogP contribution in [-0.2, 0) is 31.0 Å². The lowest BCUT2D eigenvalue weighted by Crippen LogP contribution is -2.54. The molecule has 6 fully saturated rings. The lowest BCUT2D eigenvalue weighted by atomic mass is 9.80. The molecule has 3 aromatic rings. The molecule has 6 aliphatic rings. The van der Waals surface area contributed by atoms with Gasteiger partial charge in [-0.3, -0.25) is 43.8 Å². The fourth-order valence-corrected chi connectivity index (χ4v) is 11.7. The van der Waals surface area contributed by atoms with Crippen molar-refractivity contribution in [3.8, 4) is 0 Å². The van der Waals surface area contributed by atoms with Gasteiger partial charge in [0.25, 0.3) is 5.91 Å². The quantitative estimate of drug-likeness (QED) is 0.125. The molecular weight excluding hydrogens is 938 g/mol. The van der Waals surface area contributed by atoms with Gasteiger partial charge in [-0.15, -0.1) is 0 Å². The Hall–Kier alpha value is -6.22. The summed E-state index contributed by atoms with van der Waals surface area (Å²) in [7, 11) is 1.83. The number of carbonyl (C=O) groups is 6. The van der Waals surface area contributed by atoms with Crippen LogP contribution in [0.4, 0.5) is 27.5 Å². The number of carbonyl (C=O) groups excluding carboxylic acids is 6. The fraction of sp³-hybridized carbons (Fsp3) is 0.635. The molecule has 1 unspecified atom stereocenters. The molecule has 4 saturated heterocycles. The largest absolute Gasteiger partial charge is 0.462 e. The van der Waals surface area contributed by atoms with Crippen LogP contribution < -0.4 is 26.2 Å². The van der Waals surface area contributed by atoms with E-state index in [0.29, 0.717) is 35.0 Å². The van der Waals surface area contributed by atoms with E-state index in [1.807, 2.05) is 13.2 Å². The number of hydrogen-bond acceptors (Lipinski definition) is 15. The number of piperazine rings is 2. The van der Waals surface area contributed by atoms with Crippen molar-refractivity contribution in [2.24, 2.45) is 24.8 Å². The molecule has 0 spiro atoms. The predicted molar refractivity (Wildman–Crippen MR) is 270 cm³/mol. The zero-order valence-corrected chi connectivity index (χ0v) is 42.4. The van der Waals surface area contributed by atoms with Crippen LogP contribution in [0.1, 0.15) is 111 Å². The van der Waals surface area contributed by atoms with Gasteiger partial charge in [-0.25, -0.2) is 14.2 Å². The van der Waals surface area contributed by atoms with E-state index >= 15 is 4.39 Å². The molecule has 1 aromatic carbocycles. The number of imide groups is 1. The average Bonchev–Trinajstić information content (AvgIpc) is 3.82. The molecule has 21 heteroatoms. The number of hydrogen-bond donors (Lipinski definition) is 4. The molecule has 4 N–H and O–H groups in total. The number of ether oxygens (including phenoxy) is 1. The molecule has 0 radical (unpaired) electrons. The Kier molecular flexibility index (Phi) is 16.8. The predicted octanol–water partition coefficient (Wildman–Crippen LogP) is 3.93. The van der Waals surface area contributed by atoms with Gasteiger partial charge in [0.05, 0.1) is 24.1 Å². The van der Waals surface area contributed by atoms with Crippen molar-refractivity contribution in [3.05, 3.63) is 53.7 Å². The van der Waals surface area contributed by atoms with Crippen molar-refractivity contribution in [2.45, 2.75) is 109 Å². The molecule has 20 nitrogen and oxygen atoms in total. The van der Waals surface area contributed by atoms with Gasteiger partial charge < -0.3 is 35.4 Å². The Morgan fingerprint density at radius 2 is 1.48 bits per heavy atom. The topological polar surface area (TPSA) is 220 Å². The third-order valence-corrected chi connectivity index (χ3v) is 16.1. The minimum Gasteiger partial charge on any atom is -0.462 e. The van der Waals surface area contributed by atoms with E-state index in [4.69, 9.17) is 4.74 Å². The Balaban J connectivity index is 0.639. The first-order valence-corrected chi connectivity index (χ1v) is 26.7. The van der Waals surface area contributed by atoms with Crippen LogP contribution in [0.25, 0.3) is 0 Å². The summed E-state index contributed by atoms with van der Waals surface area (Å²) in [5, 5.41) is 15.6. The second kappa shape index (κ2) is 23.8. The SMILES string of the molecule is CCOC(=O)c1cnc(Nc2cnn(C)c2)nc1NC1CCC(N2CCN(C(=O)C3CCC(C(=O)N4CCC(CCN5CCN(c6ccc(C(=O)NC7CCC(=O)NC7=O)c(F)c6)CC5)CC4)CC3)CC2)CC1. The minimum atomic E-state index is -0.869. The summed E-state index contributed by atoms with van der Waals surface area (Å²) < 4.78 is 22.1. The normalized spacial score (nSPS) is 24.7. The second-order valence-corrected chi connectivity index (χ2v) is 20.8. The summed E-state index contributed by atoms with van der Waals surface area (Å²) >= 11 is 0. The van der Waals surface area contributed by atoms with Gasteiger partial charge in [0, 0.05) is 121 Å². The number of likely N-dealkylation sites (tertiary alicyclic amines) is 1. The van der Waals surface area contributed by atoms with Crippen LogP contribution in [0.3, 0.4) is 0 Å². The lowest BCUT2D eigenvalue weighted by molar-refractivity contribution is -0.143. The number of halogens is 1. The number of nitrogens with one attached hydrogen (secondary N) is 4. The van der Waals surface area contributed by atoms with E-state index in [1.54, 1.807) is 23.9 Å². The molecule has 5 amide bonds. The van der Waals surface area contributed by atoms with E-state index in [1.165, 1.54) is 18.3 Å². The van der Waals surface area contributed by atoms with Gasteiger partial charge in [0.1, 0.15) is 23.2 Å². The summed E-state index contributed by atoms with van der Waals surface area (Å²) in [6.07, 6.45) is 15.3. The molecular formula is C52H72FN13O7. The van der Waals surface area contributed by atoms with E-state index in [2.05, 4.69) is 60.8 Å². The monoisotopic (exact) mass is 1010 g/mol. The number of benzene rings is 1. The van der Waals surface area contributed by atoms with E-state index in [-0.39, 0.29) is 60.6 Å². The smallest absolute Gasteiger partial charge is 0.343 e. The first-order chi connectivity index (χ1) is 35.4. The van der Waals surface area contributed by atoms with Crippen LogP contribution >= 0.6 is 0 Å². The number of esters is 1. The van der Waals surface area contributed by atoms with Gasteiger partial charge in [0.2, 0.25) is 29.6 Å². The third-order valence-electron chi connectivity index (χ3n) is 16.1. The van der Waals surface area contributed by atoms with E-state index in [9.17, 15) is 28.8 Å². The van der Waals surface area contributed by atoms with Crippen LogP contribution in [-0.4, -0.2) is 172 Å². The highest BCUT2D eigenvalue weighted by Gasteiger charge is 2.37. The summed E-state index contributed by atoms with van der Waals surface area (Å²) in [5.41, 5.74) is 1.63. The van der Waals surface area contributed by atoms with Crippen LogP contribution in [0, 0.1) is 23.6 Å². The Morgan fingerprint density at radius 1 is 0.795 bits per heavy atom. The summed E-state index contributed by atoms with van der Waals surface area (Å²) in [4.78, 5) is 96.8. The van der Waals surface area contributed by atoms with Crippen molar-refractivity contribution in [2.75, 3.05) is 94.1 Å². The van der Waals surface area contributed by atoms with Gasteiger partial charge >= 0.3 is 5.97 Å². The molecule has 1 atom stereocenters. The fourth-order valence-electron chi connectivity index (χ4n) is 11.7. The van der Waals surface area contributed by atoms with Crippen LogP contribution in [0.15, 0.2) is 36.8 Å². The van der Waals surface area contributed by atoms with E-state index < -0.39 is 29.6 Å². The van der Waals surface area contributed by atoms with Gasteiger partial charge in [-0.2, -0.15) is 10.1 Å². The number of aryl methyl sites for hydroxylation is 1. The molecule has 9 rings (SSSR count). The molecule has 2 aromatic heterocycles. The van der Waals surface area contributed by atoms with Crippen LogP contribution in [0.5, 0.6) is 0 Å². The zero-order chi connectivity index (χ0) is 51.0. The number of aromatic nitrogens is 4. The Bertz CT molecular complexity index is 2450. The first kappa shape index (κ1) is 51.7. The van der Waals surface area contributed by atoms with Crippen molar-refractivity contribution in [3.63, 3.8) is 0 Å². The minimum absolute atomic E-state index is 0.00493. The van der Waals surface area contributed by atoms with Gasteiger partial charge in [0.15, 0.2) is 0 Å². The highest BCUT2D eigenvalue weighted by molar-refractivity contribution is 6.04. The highest BCUT2D eigenvalue weighted by Crippen LogP contribution is 2.34. The van der Waals surface area contributed by atoms with Crippen molar-refractivity contribution < 1.29 is 37.9 Å². The number of rotatable bonds is 15. The number of amides is 5. The summed E-state index contributed by atoms with van der Waals surface area (Å²) in [6, 6.07) is 4.28. The summed E-state index contributed by atoms with van der Waals surface area (Å²) in [5.74, 6) is -0.879. The lowest BCUT2D eigenvalue weighted by Gasteiger charge is -2.43. The molecule has 394 valence electrons. The number of nitrogens with zero attached hydrogens (tertiary/aromatic N) is 9. The highest BCUT2D eigenvalue weighted by atomic mass is 19.1. The Morgan fingerprint density at radius 3 is 2.11 bits per heavy atom. The average molecular weight is 1010 g/mol. The third kappa shape index (κ3) is 12.9. The first-order valence-electron chi connectivity index (χ1n) is 26.7. The van der Waals surface area contributed by atoms with Crippen molar-refractivity contribution in [1.29, 1.82) is 0 Å². The standard InChI is InChI=1S/C52H72FN13O7/c1-3-73-51(72)42-32-54-52(57-38-31-55-61(2)33-38)60-46(42)56-37-8-10-39(11-9-37)63-26-28-66(29-27-63)50(71)36-6-4-35(5-7-36)49(70)65-20-17-34(18-21-65)16-19-62-22-24-64(25-23-62)40-12-13-41(43(53)30-40)47(68)58-44-14-15-45(67)59-48(44)69/h12-13,30-37,39,44H,3-11,14-29H2,1-2H3,(H,58,68)(H,59,67,69)(H2,54,56,57,60). The maximum atomic E-state index is 15.1. The molecule has 2 saturated carbocycles. The molecule has 2 aliphatic carbocycles.